The molecular formula is C18H19N3O3. The van der Waals surface area contributed by atoms with Gasteiger partial charge in [0.1, 0.15) is 17.2 Å². The van der Waals surface area contributed by atoms with Crippen molar-refractivity contribution in [1.82, 2.24) is 15.8 Å². The zero-order valence-corrected chi connectivity index (χ0v) is 14.0. The summed E-state index contributed by atoms with van der Waals surface area (Å²) in [5, 5.41) is 0.985. The van der Waals surface area contributed by atoms with Crippen LogP contribution < -0.4 is 10.9 Å². The monoisotopic (exact) mass is 325 g/mol. The molecule has 0 radical (unpaired) electrons. The number of aromatic amines is 1. The standard InChI is InChI=1S/C18H19N3O3/c1-9-5-10(2)13-8-16(19-15(13)6-9)18(23)21-20-17(22)14-7-11(3)24-12(14)4/h5-8,19H,1-4H3,(H,20,22)(H,21,23). The Balaban J connectivity index is 1.74. The second-order valence-corrected chi connectivity index (χ2v) is 5.96. The zero-order chi connectivity index (χ0) is 17.4. The third kappa shape index (κ3) is 2.90. The topological polar surface area (TPSA) is 87.1 Å². The highest BCUT2D eigenvalue weighted by atomic mass is 16.3. The Kier molecular flexibility index (Phi) is 3.89. The van der Waals surface area contributed by atoms with Gasteiger partial charge in [0.15, 0.2) is 0 Å². The highest BCUT2D eigenvalue weighted by Gasteiger charge is 2.16. The summed E-state index contributed by atoms with van der Waals surface area (Å²) in [6.07, 6.45) is 0. The number of hydrogen-bond acceptors (Lipinski definition) is 3. The van der Waals surface area contributed by atoms with Crippen LogP contribution in [0.3, 0.4) is 0 Å². The van der Waals surface area contributed by atoms with Crippen LogP contribution in [0.25, 0.3) is 10.9 Å². The summed E-state index contributed by atoms with van der Waals surface area (Å²) in [5.41, 5.74) is 8.71. The fourth-order valence-electron chi connectivity index (χ4n) is 2.83. The lowest BCUT2D eigenvalue weighted by Crippen LogP contribution is -2.41. The van der Waals surface area contributed by atoms with Crippen molar-refractivity contribution in [1.29, 1.82) is 0 Å². The van der Waals surface area contributed by atoms with Crippen LogP contribution in [0, 0.1) is 27.7 Å². The van der Waals surface area contributed by atoms with E-state index in [0.29, 0.717) is 22.8 Å². The largest absolute Gasteiger partial charge is 0.466 e. The Bertz CT molecular complexity index is 950. The average molecular weight is 325 g/mol. The van der Waals surface area contributed by atoms with Crippen molar-refractivity contribution < 1.29 is 14.0 Å². The van der Waals surface area contributed by atoms with Gasteiger partial charge in [-0.3, -0.25) is 20.4 Å². The minimum atomic E-state index is -0.416. The van der Waals surface area contributed by atoms with Gasteiger partial charge in [0.25, 0.3) is 11.8 Å². The first-order valence-electron chi connectivity index (χ1n) is 7.63. The molecule has 0 fully saturated rings. The first kappa shape index (κ1) is 15.9. The number of fused-ring (bicyclic) bond motifs is 1. The highest BCUT2D eigenvalue weighted by Crippen LogP contribution is 2.21. The number of benzene rings is 1. The van der Waals surface area contributed by atoms with E-state index < -0.39 is 11.8 Å². The molecule has 0 saturated heterocycles. The van der Waals surface area contributed by atoms with Gasteiger partial charge in [-0.25, -0.2) is 0 Å². The summed E-state index contributed by atoms with van der Waals surface area (Å²) in [4.78, 5) is 27.4. The van der Waals surface area contributed by atoms with Crippen molar-refractivity contribution in [3.63, 3.8) is 0 Å². The molecule has 6 heteroatoms. The summed E-state index contributed by atoms with van der Waals surface area (Å²) in [6, 6.07) is 7.45. The molecule has 3 aromatic rings. The normalized spacial score (nSPS) is 10.8. The molecule has 0 aliphatic carbocycles. The Morgan fingerprint density at radius 2 is 1.67 bits per heavy atom. The predicted molar refractivity (Wildman–Crippen MR) is 90.9 cm³/mol. The minimum absolute atomic E-state index is 0.388. The number of amides is 2. The van der Waals surface area contributed by atoms with Gasteiger partial charge in [-0.05, 0) is 57.0 Å². The van der Waals surface area contributed by atoms with Gasteiger partial charge in [0.2, 0.25) is 0 Å². The van der Waals surface area contributed by atoms with Crippen molar-refractivity contribution in [3.05, 3.63) is 58.2 Å². The maximum Gasteiger partial charge on any atom is 0.286 e. The highest BCUT2D eigenvalue weighted by molar-refractivity contribution is 6.01. The van der Waals surface area contributed by atoms with E-state index in [1.54, 1.807) is 26.0 Å². The zero-order valence-electron chi connectivity index (χ0n) is 14.0. The number of aromatic nitrogens is 1. The molecule has 0 bridgehead atoms. The summed E-state index contributed by atoms with van der Waals surface area (Å²) >= 11 is 0. The quantitative estimate of drug-likeness (QED) is 0.633. The molecule has 124 valence electrons. The molecule has 0 spiro atoms. The number of hydrazine groups is 1. The van der Waals surface area contributed by atoms with Crippen LogP contribution in [-0.2, 0) is 0 Å². The van der Waals surface area contributed by atoms with Gasteiger partial charge < -0.3 is 9.40 Å². The van der Waals surface area contributed by atoms with E-state index in [4.69, 9.17) is 4.42 Å². The van der Waals surface area contributed by atoms with E-state index in [1.807, 2.05) is 19.9 Å². The molecule has 0 atom stereocenters. The summed E-state index contributed by atoms with van der Waals surface area (Å²) in [6.45, 7) is 7.46. The number of H-pyrrole nitrogens is 1. The number of nitrogens with one attached hydrogen (secondary N) is 3. The Hall–Kier alpha value is -3.02. The Morgan fingerprint density at radius 1 is 0.958 bits per heavy atom. The molecule has 6 nitrogen and oxygen atoms in total. The number of carbonyl (C=O) groups excluding carboxylic acids is 2. The molecule has 2 aromatic heterocycles. The molecule has 24 heavy (non-hydrogen) atoms. The fraction of sp³-hybridized carbons (Fsp3) is 0.222. The summed E-state index contributed by atoms with van der Waals surface area (Å²) < 4.78 is 5.31. The summed E-state index contributed by atoms with van der Waals surface area (Å²) in [5.74, 6) is 0.330. The van der Waals surface area contributed by atoms with Crippen LogP contribution in [0.1, 0.15) is 43.5 Å². The number of aryl methyl sites for hydroxylation is 4. The third-order valence-corrected chi connectivity index (χ3v) is 3.91. The first-order chi connectivity index (χ1) is 11.3. The molecule has 2 amide bonds. The van der Waals surface area contributed by atoms with Gasteiger partial charge in [0, 0.05) is 10.9 Å². The Morgan fingerprint density at radius 3 is 2.33 bits per heavy atom. The lowest BCUT2D eigenvalue weighted by atomic mass is 10.1. The van der Waals surface area contributed by atoms with Gasteiger partial charge in [-0.1, -0.05) is 6.07 Å². The molecule has 3 rings (SSSR count). The van der Waals surface area contributed by atoms with Crippen LogP contribution in [0.2, 0.25) is 0 Å². The number of furan rings is 1. The molecule has 3 N–H and O–H groups in total. The maximum absolute atomic E-state index is 12.3. The predicted octanol–water partition coefficient (Wildman–Crippen LogP) is 3.07. The van der Waals surface area contributed by atoms with E-state index in [-0.39, 0.29) is 0 Å². The van der Waals surface area contributed by atoms with Gasteiger partial charge in [-0.15, -0.1) is 0 Å². The molecule has 0 saturated carbocycles. The number of hydrogen-bond donors (Lipinski definition) is 3. The van der Waals surface area contributed by atoms with Crippen molar-refractivity contribution in [2.24, 2.45) is 0 Å². The van der Waals surface area contributed by atoms with Crippen LogP contribution in [0.4, 0.5) is 0 Å². The lowest BCUT2D eigenvalue weighted by Gasteiger charge is -2.05. The molecule has 0 aliphatic rings. The van der Waals surface area contributed by atoms with E-state index in [1.165, 1.54) is 0 Å². The van der Waals surface area contributed by atoms with Crippen LogP contribution in [0.15, 0.2) is 28.7 Å². The molecule has 0 aliphatic heterocycles. The smallest absolute Gasteiger partial charge is 0.286 e. The van der Waals surface area contributed by atoms with Gasteiger partial charge in [-0.2, -0.15) is 0 Å². The van der Waals surface area contributed by atoms with E-state index in [9.17, 15) is 9.59 Å². The van der Waals surface area contributed by atoms with Gasteiger partial charge in [0.05, 0.1) is 5.56 Å². The second kappa shape index (κ2) is 5.88. The third-order valence-electron chi connectivity index (χ3n) is 3.91. The van der Waals surface area contributed by atoms with Crippen molar-refractivity contribution in [2.75, 3.05) is 0 Å². The van der Waals surface area contributed by atoms with E-state index in [2.05, 4.69) is 21.9 Å². The van der Waals surface area contributed by atoms with Crippen molar-refractivity contribution >= 4 is 22.7 Å². The van der Waals surface area contributed by atoms with Crippen LogP contribution in [0.5, 0.6) is 0 Å². The number of carbonyl (C=O) groups is 2. The molecular weight excluding hydrogens is 306 g/mol. The molecule has 2 heterocycles. The van der Waals surface area contributed by atoms with Gasteiger partial charge >= 0.3 is 0 Å². The lowest BCUT2D eigenvalue weighted by molar-refractivity contribution is 0.0843. The van der Waals surface area contributed by atoms with Crippen LogP contribution >= 0.6 is 0 Å². The van der Waals surface area contributed by atoms with Crippen LogP contribution in [-0.4, -0.2) is 16.8 Å². The Labute approximate surface area is 139 Å². The second-order valence-electron chi connectivity index (χ2n) is 5.96. The van der Waals surface area contributed by atoms with E-state index in [0.717, 1.165) is 22.0 Å². The molecule has 1 aromatic carbocycles. The first-order valence-corrected chi connectivity index (χ1v) is 7.63. The SMILES string of the molecule is Cc1cc(C)c2cc(C(=O)NNC(=O)c3cc(C)oc3C)[nH]c2c1. The number of rotatable bonds is 2. The minimum Gasteiger partial charge on any atom is -0.466 e. The van der Waals surface area contributed by atoms with Crippen molar-refractivity contribution in [2.45, 2.75) is 27.7 Å². The van der Waals surface area contributed by atoms with Crippen molar-refractivity contribution in [3.8, 4) is 0 Å². The summed E-state index contributed by atoms with van der Waals surface area (Å²) in [7, 11) is 0. The maximum atomic E-state index is 12.3. The van der Waals surface area contributed by atoms with E-state index >= 15 is 0 Å². The fourth-order valence-corrected chi connectivity index (χ4v) is 2.83. The average Bonchev–Trinajstić information content (AvgIpc) is 3.07. The molecule has 0 unspecified atom stereocenters.